The van der Waals surface area contributed by atoms with Crippen LogP contribution in [0, 0.1) is 10.1 Å². The number of halogens is 2. The van der Waals surface area contributed by atoms with E-state index in [2.05, 4.69) is 31.9 Å². The molecule has 1 aromatic rings. The Hall–Kier alpha value is -0.950. The molecule has 5 nitrogen and oxygen atoms in total. The maximum atomic E-state index is 10.6. The largest absolute Gasteiger partial charge is 0.491 e. The Labute approximate surface area is 108 Å². The Morgan fingerprint density at radius 2 is 1.94 bits per heavy atom. The van der Waals surface area contributed by atoms with E-state index in [-0.39, 0.29) is 18.7 Å². The summed E-state index contributed by atoms with van der Waals surface area (Å²) in [7, 11) is 0. The van der Waals surface area contributed by atoms with Crippen molar-refractivity contribution in [2.24, 2.45) is 0 Å². The normalized spacial score (nSPS) is 9.88. The van der Waals surface area contributed by atoms with Crippen LogP contribution in [-0.2, 0) is 4.79 Å². The minimum atomic E-state index is -0.495. The average Bonchev–Trinajstić information content (AvgIpc) is 2.21. The first-order valence-corrected chi connectivity index (χ1v) is 5.84. The van der Waals surface area contributed by atoms with E-state index < -0.39 is 4.92 Å². The van der Waals surface area contributed by atoms with Crippen molar-refractivity contribution in [3.8, 4) is 5.75 Å². The summed E-state index contributed by atoms with van der Waals surface area (Å²) < 4.78 is 6.24. The second kappa shape index (κ2) is 5.95. The van der Waals surface area contributed by atoms with Crippen molar-refractivity contribution in [1.29, 1.82) is 0 Å². The minimum Gasteiger partial charge on any atom is -0.491 e. The highest BCUT2D eigenvalue weighted by Gasteiger charge is 2.14. The predicted molar refractivity (Wildman–Crippen MR) is 64.7 cm³/mol. The number of aldehydes is 1. The molecule has 0 saturated carbocycles. The Kier molecular flexibility index (Phi) is 4.88. The van der Waals surface area contributed by atoms with E-state index >= 15 is 0 Å². The lowest BCUT2D eigenvalue weighted by Gasteiger charge is -2.08. The van der Waals surface area contributed by atoms with Crippen LogP contribution < -0.4 is 4.74 Å². The molecule has 0 aliphatic carbocycles. The van der Waals surface area contributed by atoms with Crippen molar-refractivity contribution >= 4 is 43.8 Å². The number of carbonyl (C=O) groups excluding carboxylic acids is 1. The highest BCUT2D eigenvalue weighted by Crippen LogP contribution is 2.37. The molecule has 0 bridgehead atoms. The third-order valence-electron chi connectivity index (χ3n) is 1.68. The SMILES string of the molecule is O=CCCOc1c(Br)cc([N+](=O)[O-])cc1Br. The molecule has 0 aliphatic heterocycles. The van der Waals surface area contributed by atoms with Gasteiger partial charge in [-0.1, -0.05) is 0 Å². The molecule has 0 heterocycles. The van der Waals surface area contributed by atoms with Gasteiger partial charge < -0.3 is 9.53 Å². The van der Waals surface area contributed by atoms with Crippen molar-refractivity contribution in [2.45, 2.75) is 6.42 Å². The lowest BCUT2D eigenvalue weighted by molar-refractivity contribution is -0.385. The number of benzene rings is 1. The Balaban J connectivity index is 2.93. The summed E-state index contributed by atoms with van der Waals surface area (Å²) in [4.78, 5) is 20.2. The first-order valence-electron chi connectivity index (χ1n) is 4.26. The molecule has 0 N–H and O–H groups in total. The van der Waals surface area contributed by atoms with Crippen LogP contribution in [0.4, 0.5) is 5.69 Å². The van der Waals surface area contributed by atoms with Crippen molar-refractivity contribution in [3.63, 3.8) is 0 Å². The molecule has 0 atom stereocenters. The summed E-state index contributed by atoms with van der Waals surface area (Å²) in [5, 5.41) is 10.6. The van der Waals surface area contributed by atoms with Gasteiger partial charge in [-0.25, -0.2) is 0 Å². The van der Waals surface area contributed by atoms with E-state index in [0.717, 1.165) is 6.29 Å². The molecule has 0 radical (unpaired) electrons. The van der Waals surface area contributed by atoms with E-state index in [4.69, 9.17) is 4.74 Å². The van der Waals surface area contributed by atoms with E-state index in [9.17, 15) is 14.9 Å². The maximum absolute atomic E-state index is 10.6. The van der Waals surface area contributed by atoms with Crippen molar-refractivity contribution in [1.82, 2.24) is 0 Å². The Morgan fingerprint density at radius 1 is 1.38 bits per heavy atom. The quantitative estimate of drug-likeness (QED) is 0.353. The highest BCUT2D eigenvalue weighted by atomic mass is 79.9. The van der Waals surface area contributed by atoms with E-state index in [0.29, 0.717) is 14.7 Å². The minimum absolute atomic E-state index is 0.0403. The number of rotatable bonds is 5. The first kappa shape index (κ1) is 13.1. The second-order valence-corrected chi connectivity index (χ2v) is 4.51. The predicted octanol–water partition coefficient (Wildman–Crippen LogP) is 3.09. The number of nitrogens with zero attached hydrogens (tertiary/aromatic N) is 1. The van der Waals surface area contributed by atoms with Gasteiger partial charge in [-0.2, -0.15) is 0 Å². The third-order valence-corrected chi connectivity index (χ3v) is 2.85. The van der Waals surface area contributed by atoms with Crippen LogP contribution in [0.2, 0.25) is 0 Å². The van der Waals surface area contributed by atoms with Crippen LogP contribution in [0.5, 0.6) is 5.75 Å². The average molecular weight is 353 g/mol. The number of hydrogen-bond donors (Lipinski definition) is 0. The van der Waals surface area contributed by atoms with E-state index in [1.807, 2.05) is 0 Å². The topological polar surface area (TPSA) is 69.4 Å². The molecule has 7 heteroatoms. The summed E-state index contributed by atoms with van der Waals surface area (Å²) >= 11 is 6.34. The van der Waals surface area contributed by atoms with Crippen LogP contribution in [0.1, 0.15) is 6.42 Å². The summed E-state index contributed by atoms with van der Waals surface area (Å²) in [5.41, 5.74) is -0.0403. The molecule has 0 aromatic heterocycles. The smallest absolute Gasteiger partial charge is 0.271 e. The molecule has 0 saturated heterocycles. The standard InChI is InChI=1S/C9H7Br2NO4/c10-7-4-6(12(14)15)5-8(11)9(7)16-3-1-2-13/h2,4-5H,1,3H2. The maximum Gasteiger partial charge on any atom is 0.271 e. The van der Waals surface area contributed by atoms with Gasteiger partial charge in [0, 0.05) is 18.6 Å². The molecular weight excluding hydrogens is 346 g/mol. The molecule has 0 unspecified atom stereocenters. The van der Waals surface area contributed by atoms with Gasteiger partial charge in [-0.3, -0.25) is 10.1 Å². The van der Waals surface area contributed by atoms with Gasteiger partial charge in [0.15, 0.2) is 0 Å². The lowest BCUT2D eigenvalue weighted by atomic mass is 10.3. The second-order valence-electron chi connectivity index (χ2n) is 2.80. The zero-order valence-corrected chi connectivity index (χ0v) is 11.2. The molecule has 0 aliphatic rings. The molecule has 1 aromatic carbocycles. The van der Waals surface area contributed by atoms with Gasteiger partial charge in [0.25, 0.3) is 5.69 Å². The molecular formula is C9H7Br2NO4. The number of non-ortho nitro benzene ring substituents is 1. The van der Waals surface area contributed by atoms with Gasteiger partial charge >= 0.3 is 0 Å². The first-order chi connectivity index (χ1) is 7.56. The summed E-state index contributed by atoms with van der Waals surface area (Å²) in [6.07, 6.45) is 1.02. The number of nitro benzene ring substituents is 1. The number of hydrogen-bond acceptors (Lipinski definition) is 4. The van der Waals surface area contributed by atoms with E-state index in [1.54, 1.807) is 0 Å². The van der Waals surface area contributed by atoms with Gasteiger partial charge in [-0.15, -0.1) is 0 Å². The fourth-order valence-electron chi connectivity index (χ4n) is 0.999. The van der Waals surface area contributed by atoms with Crippen LogP contribution in [0.15, 0.2) is 21.1 Å². The van der Waals surface area contributed by atoms with Crippen molar-refractivity contribution in [3.05, 3.63) is 31.2 Å². The van der Waals surface area contributed by atoms with Gasteiger partial charge in [0.2, 0.25) is 0 Å². The summed E-state index contributed by atoms with van der Waals surface area (Å²) in [6, 6.07) is 2.70. The zero-order chi connectivity index (χ0) is 12.1. The Bertz CT molecular complexity index is 399. The highest BCUT2D eigenvalue weighted by molar-refractivity contribution is 9.11. The van der Waals surface area contributed by atoms with Gasteiger partial charge in [0.05, 0.1) is 20.5 Å². The number of nitro groups is 1. The van der Waals surface area contributed by atoms with Crippen molar-refractivity contribution in [2.75, 3.05) is 6.61 Å². The monoisotopic (exact) mass is 351 g/mol. The lowest BCUT2D eigenvalue weighted by Crippen LogP contribution is -1.99. The zero-order valence-electron chi connectivity index (χ0n) is 7.98. The van der Waals surface area contributed by atoms with E-state index in [1.165, 1.54) is 12.1 Å². The third kappa shape index (κ3) is 3.28. The molecule has 1 rings (SSSR count). The number of ether oxygens (including phenoxy) is 1. The molecule has 0 fully saturated rings. The molecule has 86 valence electrons. The molecule has 16 heavy (non-hydrogen) atoms. The van der Waals surface area contributed by atoms with Gasteiger partial charge in [-0.05, 0) is 31.9 Å². The van der Waals surface area contributed by atoms with Crippen LogP contribution in [0.3, 0.4) is 0 Å². The van der Waals surface area contributed by atoms with Crippen molar-refractivity contribution < 1.29 is 14.5 Å². The Morgan fingerprint density at radius 3 is 2.38 bits per heavy atom. The summed E-state index contributed by atoms with van der Waals surface area (Å²) in [5.74, 6) is 0.451. The number of carbonyl (C=O) groups is 1. The molecule has 0 amide bonds. The van der Waals surface area contributed by atoms with Crippen LogP contribution >= 0.6 is 31.9 Å². The fourth-order valence-corrected chi connectivity index (χ4v) is 2.39. The molecule has 0 spiro atoms. The summed E-state index contributed by atoms with van der Waals surface area (Å²) in [6.45, 7) is 0.235. The van der Waals surface area contributed by atoms with Gasteiger partial charge in [0.1, 0.15) is 12.0 Å². The van der Waals surface area contributed by atoms with Crippen LogP contribution in [0.25, 0.3) is 0 Å². The fraction of sp³-hybridized carbons (Fsp3) is 0.222. The van der Waals surface area contributed by atoms with Crippen LogP contribution in [-0.4, -0.2) is 17.8 Å².